The van der Waals surface area contributed by atoms with E-state index in [2.05, 4.69) is 5.32 Å². The van der Waals surface area contributed by atoms with E-state index in [1.54, 1.807) is 20.8 Å². The van der Waals surface area contributed by atoms with Gasteiger partial charge < -0.3 is 29.0 Å². The van der Waals surface area contributed by atoms with Crippen LogP contribution < -0.4 is 5.32 Å². The molecule has 1 unspecified atom stereocenters. The van der Waals surface area contributed by atoms with E-state index in [4.69, 9.17) is 23.7 Å². The lowest BCUT2D eigenvalue weighted by Gasteiger charge is -2.23. The highest BCUT2D eigenvalue weighted by atomic mass is 16.8. The van der Waals surface area contributed by atoms with E-state index in [-0.39, 0.29) is 31.5 Å². The van der Waals surface area contributed by atoms with Crippen molar-refractivity contribution in [3.8, 4) is 0 Å². The van der Waals surface area contributed by atoms with Gasteiger partial charge in [-0.15, -0.1) is 0 Å². The molecule has 0 spiro atoms. The molecule has 1 aliphatic heterocycles. The molecular weight excluding hydrogens is 366 g/mol. The van der Waals surface area contributed by atoms with Crippen molar-refractivity contribution < 1.29 is 33.3 Å². The first kappa shape index (κ1) is 20.6. The predicted molar refractivity (Wildman–Crippen MR) is 98.4 cm³/mol. The van der Waals surface area contributed by atoms with E-state index < -0.39 is 24.0 Å². The number of benzene rings is 1. The van der Waals surface area contributed by atoms with Crippen LogP contribution in [0, 0.1) is 0 Å². The van der Waals surface area contributed by atoms with Crippen molar-refractivity contribution in [3.63, 3.8) is 0 Å². The summed E-state index contributed by atoms with van der Waals surface area (Å²) in [5.74, 6) is -1.23. The molecule has 1 saturated carbocycles. The van der Waals surface area contributed by atoms with Crippen molar-refractivity contribution in [1.82, 2.24) is 5.32 Å². The van der Waals surface area contributed by atoms with Crippen LogP contribution in [0.3, 0.4) is 0 Å². The van der Waals surface area contributed by atoms with Gasteiger partial charge in [0.05, 0.1) is 18.8 Å². The molecule has 1 heterocycles. The van der Waals surface area contributed by atoms with Gasteiger partial charge in [0.25, 0.3) is 0 Å². The third-order valence-corrected chi connectivity index (χ3v) is 4.65. The molecule has 2 aliphatic rings. The summed E-state index contributed by atoms with van der Waals surface area (Å²) in [5, 5.41) is 2.84. The number of carbonyl (C=O) groups is 2. The Bertz CT molecular complexity index is 678. The number of carbonyl (C=O) groups excluding carboxylic acids is 2. The number of esters is 1. The highest BCUT2D eigenvalue weighted by Crippen LogP contribution is 2.39. The van der Waals surface area contributed by atoms with Crippen LogP contribution in [-0.2, 0) is 35.1 Å². The molecule has 1 aliphatic carbocycles. The van der Waals surface area contributed by atoms with E-state index in [1.807, 2.05) is 30.3 Å². The van der Waals surface area contributed by atoms with Crippen molar-refractivity contribution in [2.45, 2.75) is 63.9 Å². The highest BCUT2D eigenvalue weighted by Gasteiger charge is 2.55. The zero-order valence-electron chi connectivity index (χ0n) is 16.4. The van der Waals surface area contributed by atoms with Gasteiger partial charge in [0.2, 0.25) is 0 Å². The van der Waals surface area contributed by atoms with E-state index in [0.29, 0.717) is 13.0 Å². The number of hydrogen-bond acceptors (Lipinski definition) is 7. The number of hydrogen-bond donors (Lipinski definition) is 1. The first-order chi connectivity index (χ1) is 13.4. The minimum Gasteiger partial charge on any atom is -0.464 e. The van der Waals surface area contributed by atoms with Crippen LogP contribution in [0.15, 0.2) is 30.3 Å². The second-order valence-corrected chi connectivity index (χ2v) is 7.27. The number of amides is 1. The summed E-state index contributed by atoms with van der Waals surface area (Å²) >= 11 is 0. The van der Waals surface area contributed by atoms with Crippen LogP contribution in [0.25, 0.3) is 0 Å². The standard InChI is InChI=1S/C20H27NO7/c1-4-24-16(22)12-25-15-10-14(17-18(15)28-20(2,3)27-17)21-19(23)26-11-13-8-6-5-7-9-13/h5-9,14-15,17-18H,4,10-12H2,1-3H3,(H,21,23)/t14?,15-,17-,18+/m0/s1. The summed E-state index contributed by atoms with van der Waals surface area (Å²) in [4.78, 5) is 23.8. The summed E-state index contributed by atoms with van der Waals surface area (Å²) < 4.78 is 27.8. The lowest BCUT2D eigenvalue weighted by atomic mass is 10.2. The largest absolute Gasteiger partial charge is 0.464 e. The number of alkyl carbamates (subject to hydrolysis) is 1. The molecule has 1 saturated heterocycles. The second kappa shape index (κ2) is 8.89. The van der Waals surface area contributed by atoms with Gasteiger partial charge in [0.15, 0.2) is 5.79 Å². The van der Waals surface area contributed by atoms with Crippen molar-refractivity contribution in [2.75, 3.05) is 13.2 Å². The average molecular weight is 393 g/mol. The Labute approximate surface area is 164 Å². The Morgan fingerprint density at radius 3 is 2.57 bits per heavy atom. The van der Waals surface area contributed by atoms with Gasteiger partial charge in [-0.2, -0.15) is 0 Å². The quantitative estimate of drug-likeness (QED) is 0.710. The van der Waals surface area contributed by atoms with Gasteiger partial charge in [0.1, 0.15) is 25.4 Å². The molecule has 4 atom stereocenters. The smallest absolute Gasteiger partial charge is 0.407 e. The van der Waals surface area contributed by atoms with Crippen molar-refractivity contribution >= 4 is 12.1 Å². The summed E-state index contributed by atoms with van der Waals surface area (Å²) in [6.45, 7) is 5.65. The second-order valence-electron chi connectivity index (χ2n) is 7.27. The summed E-state index contributed by atoms with van der Waals surface area (Å²) in [7, 11) is 0. The molecule has 1 aromatic carbocycles. The summed E-state index contributed by atoms with van der Waals surface area (Å²) in [5.41, 5.74) is 0.902. The zero-order valence-corrected chi connectivity index (χ0v) is 16.4. The van der Waals surface area contributed by atoms with Crippen LogP contribution in [0.4, 0.5) is 4.79 Å². The predicted octanol–water partition coefficient (Wildman–Crippen LogP) is 2.15. The van der Waals surface area contributed by atoms with Gasteiger partial charge >= 0.3 is 12.1 Å². The Kier molecular flexibility index (Phi) is 6.53. The van der Waals surface area contributed by atoms with Gasteiger partial charge in [-0.3, -0.25) is 0 Å². The lowest BCUT2D eigenvalue weighted by Crippen LogP contribution is -2.43. The molecule has 0 bridgehead atoms. The van der Waals surface area contributed by atoms with E-state index in [1.165, 1.54) is 0 Å². The maximum atomic E-state index is 12.2. The molecule has 2 fully saturated rings. The normalized spacial score (nSPS) is 27.8. The lowest BCUT2D eigenvalue weighted by molar-refractivity contribution is -0.172. The number of rotatable bonds is 7. The number of nitrogens with one attached hydrogen (secondary N) is 1. The molecule has 3 rings (SSSR count). The molecule has 1 N–H and O–H groups in total. The minimum atomic E-state index is -0.796. The Morgan fingerprint density at radius 1 is 1.14 bits per heavy atom. The van der Waals surface area contributed by atoms with Gasteiger partial charge in [-0.25, -0.2) is 9.59 Å². The molecule has 0 aromatic heterocycles. The average Bonchev–Trinajstić information content (AvgIpc) is 3.13. The molecule has 154 valence electrons. The fourth-order valence-electron chi connectivity index (χ4n) is 3.53. The van der Waals surface area contributed by atoms with Crippen LogP contribution in [0.2, 0.25) is 0 Å². The molecule has 0 radical (unpaired) electrons. The van der Waals surface area contributed by atoms with Gasteiger partial charge in [-0.05, 0) is 32.8 Å². The SMILES string of the molecule is CCOC(=O)CO[C@H]1CC(NC(=O)OCc2ccccc2)[C@@H]2OC(C)(C)O[C@H]12. The van der Waals surface area contributed by atoms with E-state index in [9.17, 15) is 9.59 Å². The topological polar surface area (TPSA) is 92.3 Å². The van der Waals surface area contributed by atoms with Crippen LogP contribution >= 0.6 is 0 Å². The molecular formula is C20H27NO7. The van der Waals surface area contributed by atoms with Crippen molar-refractivity contribution in [1.29, 1.82) is 0 Å². The molecule has 28 heavy (non-hydrogen) atoms. The Morgan fingerprint density at radius 2 is 1.86 bits per heavy atom. The molecule has 1 aromatic rings. The Hall–Kier alpha value is -2.16. The van der Waals surface area contributed by atoms with Crippen molar-refractivity contribution in [2.24, 2.45) is 0 Å². The van der Waals surface area contributed by atoms with Crippen molar-refractivity contribution in [3.05, 3.63) is 35.9 Å². The summed E-state index contributed by atoms with van der Waals surface area (Å²) in [6.07, 6.45) is -1.25. The molecule has 8 heteroatoms. The van der Waals surface area contributed by atoms with E-state index in [0.717, 1.165) is 5.56 Å². The monoisotopic (exact) mass is 393 g/mol. The third kappa shape index (κ3) is 5.21. The Balaban J connectivity index is 1.56. The third-order valence-electron chi connectivity index (χ3n) is 4.65. The maximum absolute atomic E-state index is 12.2. The molecule has 1 amide bonds. The number of fused-ring (bicyclic) bond motifs is 1. The number of ether oxygens (including phenoxy) is 5. The van der Waals surface area contributed by atoms with Crippen LogP contribution in [-0.4, -0.2) is 55.4 Å². The zero-order chi connectivity index (χ0) is 20.1. The van der Waals surface area contributed by atoms with Crippen LogP contribution in [0.5, 0.6) is 0 Å². The summed E-state index contributed by atoms with van der Waals surface area (Å²) in [6, 6.07) is 9.09. The fourth-order valence-corrected chi connectivity index (χ4v) is 3.53. The van der Waals surface area contributed by atoms with Crippen LogP contribution in [0.1, 0.15) is 32.8 Å². The highest BCUT2D eigenvalue weighted by molar-refractivity contribution is 5.70. The van der Waals surface area contributed by atoms with E-state index >= 15 is 0 Å². The fraction of sp³-hybridized carbons (Fsp3) is 0.600. The van der Waals surface area contributed by atoms with Gasteiger partial charge in [0, 0.05) is 0 Å². The first-order valence-corrected chi connectivity index (χ1v) is 9.48. The molecule has 8 nitrogen and oxygen atoms in total. The first-order valence-electron chi connectivity index (χ1n) is 9.48. The van der Waals surface area contributed by atoms with Gasteiger partial charge in [-0.1, -0.05) is 30.3 Å². The minimum absolute atomic E-state index is 0.170. The maximum Gasteiger partial charge on any atom is 0.407 e.